The topological polar surface area (TPSA) is 50.3 Å². The normalized spacial score (nSPS) is 12.0. The summed E-state index contributed by atoms with van der Waals surface area (Å²) < 4.78 is 27.0. The third kappa shape index (κ3) is 3.22. The van der Waals surface area contributed by atoms with Crippen molar-refractivity contribution in [3.63, 3.8) is 0 Å². The fraction of sp³-hybridized carbons (Fsp3) is 0.250. The summed E-state index contributed by atoms with van der Waals surface area (Å²) in [7, 11) is -1.92. The summed E-state index contributed by atoms with van der Waals surface area (Å²) in [5.74, 6) is 0. The SMILES string of the molecule is Cc1cc(S(=O)(=O)N(C)Cc2cscn2)ccc1Br. The van der Waals surface area contributed by atoms with Crippen LogP contribution in [0, 0.1) is 6.92 Å². The average molecular weight is 361 g/mol. The number of sulfonamides is 1. The minimum Gasteiger partial charge on any atom is -0.248 e. The maximum atomic E-state index is 12.4. The van der Waals surface area contributed by atoms with Crippen LogP contribution in [0.3, 0.4) is 0 Å². The van der Waals surface area contributed by atoms with Gasteiger partial charge in [-0.3, -0.25) is 0 Å². The quantitative estimate of drug-likeness (QED) is 0.841. The lowest BCUT2D eigenvalue weighted by atomic mass is 10.2. The Kier molecular flexibility index (Phi) is 4.39. The van der Waals surface area contributed by atoms with E-state index in [1.807, 2.05) is 12.3 Å². The van der Waals surface area contributed by atoms with E-state index in [1.54, 1.807) is 30.8 Å². The number of rotatable bonds is 4. The van der Waals surface area contributed by atoms with Gasteiger partial charge in [-0.15, -0.1) is 11.3 Å². The molecule has 0 unspecified atom stereocenters. The van der Waals surface area contributed by atoms with Crippen molar-refractivity contribution in [1.82, 2.24) is 9.29 Å². The lowest BCUT2D eigenvalue weighted by Gasteiger charge is -2.16. The predicted octanol–water partition coefficient (Wildman–Crippen LogP) is 3.03. The lowest BCUT2D eigenvalue weighted by molar-refractivity contribution is 0.463. The second kappa shape index (κ2) is 5.70. The van der Waals surface area contributed by atoms with Crippen LogP contribution in [0.1, 0.15) is 11.3 Å². The summed E-state index contributed by atoms with van der Waals surface area (Å²) in [6.07, 6.45) is 0. The van der Waals surface area contributed by atoms with Gasteiger partial charge >= 0.3 is 0 Å². The first-order valence-corrected chi connectivity index (χ1v) is 8.68. The van der Waals surface area contributed by atoms with Gasteiger partial charge in [0.15, 0.2) is 0 Å². The van der Waals surface area contributed by atoms with Crippen LogP contribution in [0.15, 0.2) is 38.5 Å². The molecule has 0 saturated heterocycles. The van der Waals surface area contributed by atoms with Crippen LogP contribution in [-0.4, -0.2) is 24.8 Å². The standard InChI is InChI=1S/C12H13BrN2O2S2/c1-9-5-11(3-4-12(9)13)19(16,17)15(2)6-10-7-18-8-14-10/h3-5,7-8H,6H2,1-2H3. The molecule has 19 heavy (non-hydrogen) atoms. The monoisotopic (exact) mass is 360 g/mol. The largest absolute Gasteiger partial charge is 0.248 e. The third-order valence-corrected chi connectivity index (χ3v) is 6.03. The van der Waals surface area contributed by atoms with Crippen molar-refractivity contribution in [2.75, 3.05) is 7.05 Å². The van der Waals surface area contributed by atoms with Gasteiger partial charge in [0, 0.05) is 16.9 Å². The molecule has 0 fully saturated rings. The Bertz CT molecular complexity index is 669. The van der Waals surface area contributed by atoms with E-state index >= 15 is 0 Å². The summed E-state index contributed by atoms with van der Waals surface area (Å²) in [6.45, 7) is 2.14. The summed E-state index contributed by atoms with van der Waals surface area (Å²) in [4.78, 5) is 4.40. The van der Waals surface area contributed by atoms with Gasteiger partial charge in [0.2, 0.25) is 10.0 Å². The second-order valence-electron chi connectivity index (χ2n) is 4.15. The van der Waals surface area contributed by atoms with Gasteiger partial charge in [0.05, 0.1) is 22.6 Å². The van der Waals surface area contributed by atoms with Crippen molar-refractivity contribution < 1.29 is 8.42 Å². The molecular weight excluding hydrogens is 348 g/mol. The summed E-state index contributed by atoms with van der Waals surface area (Å²) in [6, 6.07) is 5.01. The van der Waals surface area contributed by atoms with Crippen molar-refractivity contribution in [3.8, 4) is 0 Å². The predicted molar refractivity (Wildman–Crippen MR) is 79.6 cm³/mol. The molecule has 1 aromatic carbocycles. The molecule has 7 heteroatoms. The molecule has 0 aliphatic heterocycles. The number of aryl methyl sites for hydroxylation is 1. The number of aromatic nitrogens is 1. The molecule has 0 saturated carbocycles. The van der Waals surface area contributed by atoms with Crippen LogP contribution in [0.5, 0.6) is 0 Å². The van der Waals surface area contributed by atoms with Crippen molar-refractivity contribution in [2.45, 2.75) is 18.4 Å². The van der Waals surface area contributed by atoms with Crippen molar-refractivity contribution in [2.24, 2.45) is 0 Å². The van der Waals surface area contributed by atoms with E-state index in [0.29, 0.717) is 4.90 Å². The fourth-order valence-electron chi connectivity index (χ4n) is 1.59. The Morgan fingerprint density at radius 3 is 2.74 bits per heavy atom. The summed E-state index contributed by atoms with van der Waals surface area (Å²) in [5, 5.41) is 1.85. The molecule has 1 heterocycles. The van der Waals surface area contributed by atoms with E-state index in [1.165, 1.54) is 15.6 Å². The third-order valence-electron chi connectivity index (χ3n) is 2.71. The zero-order valence-electron chi connectivity index (χ0n) is 10.5. The highest BCUT2D eigenvalue weighted by atomic mass is 79.9. The van der Waals surface area contributed by atoms with Gasteiger partial charge in [-0.1, -0.05) is 15.9 Å². The number of hydrogen-bond donors (Lipinski definition) is 0. The van der Waals surface area contributed by atoms with Gasteiger partial charge in [0.1, 0.15) is 0 Å². The second-order valence-corrected chi connectivity index (χ2v) is 7.77. The minimum atomic E-state index is -3.48. The molecule has 0 atom stereocenters. The van der Waals surface area contributed by atoms with Crippen molar-refractivity contribution >= 4 is 37.3 Å². The van der Waals surface area contributed by atoms with Gasteiger partial charge in [0.25, 0.3) is 0 Å². The molecular formula is C12H13BrN2O2S2. The van der Waals surface area contributed by atoms with E-state index in [0.717, 1.165) is 15.7 Å². The van der Waals surface area contributed by atoms with E-state index in [4.69, 9.17) is 0 Å². The highest BCUT2D eigenvalue weighted by Gasteiger charge is 2.21. The fourth-order valence-corrected chi connectivity index (χ4v) is 3.61. The summed E-state index contributed by atoms with van der Waals surface area (Å²) in [5.41, 5.74) is 3.34. The van der Waals surface area contributed by atoms with Crippen LogP contribution >= 0.6 is 27.3 Å². The van der Waals surface area contributed by atoms with Gasteiger partial charge in [-0.05, 0) is 30.7 Å². The minimum absolute atomic E-state index is 0.279. The zero-order chi connectivity index (χ0) is 14.0. The summed E-state index contributed by atoms with van der Waals surface area (Å²) >= 11 is 4.82. The number of halogens is 1. The van der Waals surface area contributed by atoms with Gasteiger partial charge < -0.3 is 0 Å². The van der Waals surface area contributed by atoms with Crippen LogP contribution < -0.4 is 0 Å². The number of benzene rings is 1. The van der Waals surface area contributed by atoms with Crippen molar-refractivity contribution in [3.05, 3.63) is 44.8 Å². The van der Waals surface area contributed by atoms with Crippen molar-refractivity contribution in [1.29, 1.82) is 0 Å². The molecule has 0 amide bonds. The van der Waals surface area contributed by atoms with Crippen LogP contribution in [-0.2, 0) is 16.6 Å². The molecule has 0 N–H and O–H groups in total. The van der Waals surface area contributed by atoms with E-state index in [2.05, 4.69) is 20.9 Å². The number of thiazole rings is 1. The van der Waals surface area contributed by atoms with E-state index in [9.17, 15) is 8.42 Å². The molecule has 4 nitrogen and oxygen atoms in total. The molecule has 0 bridgehead atoms. The smallest absolute Gasteiger partial charge is 0.243 e. The van der Waals surface area contributed by atoms with Crippen LogP contribution in [0.4, 0.5) is 0 Å². The van der Waals surface area contributed by atoms with E-state index < -0.39 is 10.0 Å². The highest BCUT2D eigenvalue weighted by Crippen LogP contribution is 2.22. The molecule has 0 aliphatic carbocycles. The Morgan fingerprint density at radius 1 is 1.42 bits per heavy atom. The molecule has 0 aliphatic rings. The molecule has 0 spiro atoms. The molecule has 0 radical (unpaired) electrons. The van der Waals surface area contributed by atoms with Gasteiger partial charge in [-0.2, -0.15) is 4.31 Å². The highest BCUT2D eigenvalue weighted by molar-refractivity contribution is 9.10. The van der Waals surface area contributed by atoms with Crippen LogP contribution in [0.2, 0.25) is 0 Å². The Morgan fingerprint density at radius 2 is 2.16 bits per heavy atom. The first-order chi connectivity index (χ1) is 8.91. The molecule has 102 valence electrons. The first kappa shape index (κ1) is 14.6. The van der Waals surface area contributed by atoms with Crippen LogP contribution in [0.25, 0.3) is 0 Å². The maximum Gasteiger partial charge on any atom is 0.243 e. The Labute approximate surface area is 125 Å². The average Bonchev–Trinajstić information content (AvgIpc) is 2.85. The molecule has 2 rings (SSSR count). The Hall–Kier alpha value is -0.760. The lowest BCUT2D eigenvalue weighted by Crippen LogP contribution is -2.26. The van der Waals surface area contributed by atoms with Gasteiger partial charge in [-0.25, -0.2) is 13.4 Å². The molecule has 2 aromatic rings. The zero-order valence-corrected chi connectivity index (χ0v) is 13.7. The Balaban J connectivity index is 2.28. The van der Waals surface area contributed by atoms with E-state index in [-0.39, 0.29) is 6.54 Å². The maximum absolute atomic E-state index is 12.4. The number of hydrogen-bond acceptors (Lipinski definition) is 4. The molecule has 1 aromatic heterocycles. The number of nitrogens with zero attached hydrogens (tertiary/aromatic N) is 2. The first-order valence-electron chi connectivity index (χ1n) is 5.51.